The lowest BCUT2D eigenvalue weighted by atomic mass is 10.2. The lowest BCUT2D eigenvalue weighted by Crippen LogP contribution is -2.39. The number of nitrogens with zero attached hydrogens (tertiary/aromatic N) is 4. The molecule has 7 heteroatoms. The molecule has 0 unspecified atom stereocenters. The molecule has 0 spiro atoms. The van der Waals surface area contributed by atoms with Crippen molar-refractivity contribution in [3.05, 3.63) is 47.8 Å². The fourth-order valence-electron chi connectivity index (χ4n) is 2.49. The quantitative estimate of drug-likeness (QED) is 0.219. The molecule has 0 aliphatic carbocycles. The Morgan fingerprint density at radius 2 is 2.04 bits per heavy atom. The molecule has 0 saturated heterocycles. The van der Waals surface area contributed by atoms with Crippen LogP contribution in [0.5, 0.6) is 0 Å². The second kappa shape index (κ2) is 11.4. The summed E-state index contributed by atoms with van der Waals surface area (Å²) in [6.45, 7) is 4.69. The third kappa shape index (κ3) is 7.27. The van der Waals surface area contributed by atoms with Gasteiger partial charge in [0.15, 0.2) is 5.96 Å². The van der Waals surface area contributed by atoms with Crippen LogP contribution in [0, 0.1) is 6.92 Å². The van der Waals surface area contributed by atoms with Gasteiger partial charge in [0.1, 0.15) is 0 Å². The average molecular weight is 473 g/mol. The summed E-state index contributed by atoms with van der Waals surface area (Å²) in [7, 11) is 3.89. The maximum Gasteiger partial charge on any atom is 0.193 e. The number of rotatable bonds is 7. The molecule has 0 fully saturated rings. The molecule has 1 heterocycles. The molecular weight excluding hydrogens is 445 g/mol. The first-order chi connectivity index (χ1) is 11.6. The van der Waals surface area contributed by atoms with E-state index in [1.807, 2.05) is 17.9 Å². The summed E-state index contributed by atoms with van der Waals surface area (Å²) < 4.78 is 1.98. The Balaban J connectivity index is 0.00000312. The summed E-state index contributed by atoms with van der Waals surface area (Å²) in [6.07, 6.45) is 7.06. The third-order valence-electron chi connectivity index (χ3n) is 3.76. The molecule has 2 rings (SSSR count). The molecule has 25 heavy (non-hydrogen) atoms. The first-order valence-electron chi connectivity index (χ1n) is 8.16. The molecule has 138 valence electrons. The topological polar surface area (TPSA) is 45.5 Å². The Morgan fingerprint density at radius 3 is 2.60 bits per heavy atom. The first kappa shape index (κ1) is 21.8. The molecule has 0 radical (unpaired) electrons. The van der Waals surface area contributed by atoms with Crippen molar-refractivity contribution in [2.75, 3.05) is 26.9 Å². The van der Waals surface area contributed by atoms with E-state index in [1.54, 1.807) is 11.8 Å². The highest BCUT2D eigenvalue weighted by molar-refractivity contribution is 14.0. The van der Waals surface area contributed by atoms with Gasteiger partial charge in [-0.25, -0.2) is 0 Å². The lowest BCUT2D eigenvalue weighted by Gasteiger charge is -2.22. The first-order valence-corrected chi connectivity index (χ1v) is 9.38. The molecule has 0 atom stereocenters. The minimum atomic E-state index is 0. The Labute approximate surface area is 172 Å². The summed E-state index contributed by atoms with van der Waals surface area (Å²) in [4.78, 5) is 7.81. The van der Waals surface area contributed by atoms with Crippen LogP contribution >= 0.6 is 35.7 Å². The molecule has 0 bridgehead atoms. The second-order valence-corrected chi connectivity index (χ2v) is 6.69. The minimum absolute atomic E-state index is 0. The van der Waals surface area contributed by atoms with E-state index in [4.69, 9.17) is 0 Å². The van der Waals surface area contributed by atoms with Crippen LogP contribution in [-0.2, 0) is 13.1 Å². The van der Waals surface area contributed by atoms with Gasteiger partial charge in [0.25, 0.3) is 0 Å². The standard InChI is InChI=1S/C18H27N5S.HI/c1-15-12-21-23(13-15)11-5-10-20-18(19-2)22(3)14-16-6-8-17(24-4)9-7-16;/h6-9,12-13H,5,10-11,14H2,1-4H3,(H,19,20);1H. The summed E-state index contributed by atoms with van der Waals surface area (Å²) in [5.41, 5.74) is 2.48. The van der Waals surface area contributed by atoms with Crippen molar-refractivity contribution in [2.24, 2.45) is 4.99 Å². The predicted molar refractivity (Wildman–Crippen MR) is 118 cm³/mol. The fraction of sp³-hybridized carbons (Fsp3) is 0.444. The SMILES string of the molecule is CN=C(NCCCn1cc(C)cn1)N(C)Cc1ccc(SC)cc1.I. The number of benzene rings is 1. The number of aromatic nitrogens is 2. The van der Waals surface area contributed by atoms with Crippen LogP contribution in [0.2, 0.25) is 0 Å². The van der Waals surface area contributed by atoms with E-state index in [0.29, 0.717) is 0 Å². The van der Waals surface area contributed by atoms with Crippen molar-refractivity contribution in [1.29, 1.82) is 0 Å². The van der Waals surface area contributed by atoms with Crippen molar-refractivity contribution in [3.63, 3.8) is 0 Å². The van der Waals surface area contributed by atoms with Crippen LogP contribution in [0.25, 0.3) is 0 Å². The van der Waals surface area contributed by atoms with Gasteiger partial charge in [-0.2, -0.15) is 5.10 Å². The van der Waals surface area contributed by atoms with Crippen LogP contribution in [0.4, 0.5) is 0 Å². The summed E-state index contributed by atoms with van der Waals surface area (Å²) in [5.74, 6) is 0.917. The number of aliphatic imine (C=N–C) groups is 1. The summed E-state index contributed by atoms with van der Waals surface area (Å²) in [6, 6.07) is 8.68. The number of thioether (sulfide) groups is 1. The normalized spacial score (nSPS) is 11.1. The molecule has 5 nitrogen and oxygen atoms in total. The summed E-state index contributed by atoms with van der Waals surface area (Å²) in [5, 5.41) is 7.72. The van der Waals surface area contributed by atoms with Gasteiger partial charge >= 0.3 is 0 Å². The summed E-state index contributed by atoms with van der Waals surface area (Å²) >= 11 is 1.76. The van der Waals surface area contributed by atoms with Crippen molar-refractivity contribution < 1.29 is 0 Å². The average Bonchev–Trinajstić information content (AvgIpc) is 3.01. The van der Waals surface area contributed by atoms with Crippen molar-refractivity contribution >= 4 is 41.7 Å². The van der Waals surface area contributed by atoms with Crippen LogP contribution < -0.4 is 5.32 Å². The lowest BCUT2D eigenvalue weighted by molar-refractivity contribution is 0.471. The maximum atomic E-state index is 4.37. The molecule has 1 N–H and O–H groups in total. The van der Waals surface area contributed by atoms with E-state index in [0.717, 1.165) is 32.0 Å². The van der Waals surface area contributed by atoms with Crippen molar-refractivity contribution in [2.45, 2.75) is 31.3 Å². The van der Waals surface area contributed by atoms with Crippen LogP contribution in [0.15, 0.2) is 46.5 Å². The molecule has 0 saturated carbocycles. The van der Waals surface area contributed by atoms with Gasteiger partial charge in [0.05, 0.1) is 6.20 Å². The van der Waals surface area contributed by atoms with Crippen molar-refractivity contribution in [1.82, 2.24) is 20.0 Å². The molecule has 1 aromatic heterocycles. The molecule has 0 aliphatic rings. The molecule has 0 amide bonds. The van der Waals surface area contributed by atoms with Crippen LogP contribution in [0.1, 0.15) is 17.5 Å². The number of hydrogen-bond donors (Lipinski definition) is 1. The highest BCUT2D eigenvalue weighted by atomic mass is 127. The zero-order chi connectivity index (χ0) is 17.4. The Hall–Kier alpha value is -1.22. The number of aryl methyl sites for hydroxylation is 2. The predicted octanol–water partition coefficient (Wildman–Crippen LogP) is 3.63. The molecule has 0 aliphatic heterocycles. The Morgan fingerprint density at radius 1 is 1.32 bits per heavy atom. The Kier molecular flexibility index (Phi) is 9.96. The highest BCUT2D eigenvalue weighted by Gasteiger charge is 2.06. The van der Waals surface area contributed by atoms with Crippen LogP contribution in [-0.4, -0.2) is 47.5 Å². The van der Waals surface area contributed by atoms with Gasteiger partial charge in [-0.1, -0.05) is 12.1 Å². The van der Waals surface area contributed by atoms with E-state index in [-0.39, 0.29) is 24.0 Å². The van der Waals surface area contributed by atoms with Gasteiger partial charge in [0, 0.05) is 44.8 Å². The van der Waals surface area contributed by atoms with Gasteiger partial charge in [0.2, 0.25) is 0 Å². The van der Waals surface area contributed by atoms with E-state index < -0.39 is 0 Å². The number of guanidine groups is 1. The van der Waals surface area contributed by atoms with Gasteiger partial charge in [-0.05, 0) is 42.9 Å². The van der Waals surface area contributed by atoms with Gasteiger partial charge in [-0.3, -0.25) is 9.67 Å². The van der Waals surface area contributed by atoms with E-state index in [1.165, 1.54) is 16.0 Å². The number of halogens is 1. The zero-order valence-electron chi connectivity index (χ0n) is 15.4. The number of hydrogen-bond acceptors (Lipinski definition) is 3. The molecular formula is C18H28IN5S. The zero-order valence-corrected chi connectivity index (χ0v) is 18.5. The monoisotopic (exact) mass is 473 g/mol. The van der Waals surface area contributed by atoms with Gasteiger partial charge in [-0.15, -0.1) is 35.7 Å². The minimum Gasteiger partial charge on any atom is -0.356 e. The fourth-order valence-corrected chi connectivity index (χ4v) is 2.90. The second-order valence-electron chi connectivity index (χ2n) is 5.81. The highest BCUT2D eigenvalue weighted by Crippen LogP contribution is 2.15. The van der Waals surface area contributed by atoms with E-state index in [2.05, 4.69) is 71.0 Å². The molecule has 1 aromatic carbocycles. The van der Waals surface area contributed by atoms with Crippen molar-refractivity contribution in [3.8, 4) is 0 Å². The third-order valence-corrected chi connectivity index (χ3v) is 4.51. The maximum absolute atomic E-state index is 4.37. The Bertz CT molecular complexity index is 654. The van der Waals surface area contributed by atoms with Crippen LogP contribution in [0.3, 0.4) is 0 Å². The smallest absolute Gasteiger partial charge is 0.193 e. The molecule has 2 aromatic rings. The van der Waals surface area contributed by atoms with E-state index >= 15 is 0 Å². The number of nitrogens with one attached hydrogen (secondary N) is 1. The van der Waals surface area contributed by atoms with E-state index in [9.17, 15) is 0 Å². The largest absolute Gasteiger partial charge is 0.356 e. The van der Waals surface area contributed by atoms with Gasteiger partial charge < -0.3 is 10.2 Å².